The largest absolute Gasteiger partial charge is 0.490 e. The molecule has 0 fully saturated rings. The molecular formula is C21H27N5O3S2. The average molecular weight is 462 g/mol. The van der Waals surface area contributed by atoms with E-state index in [1.54, 1.807) is 0 Å². The fourth-order valence-electron chi connectivity index (χ4n) is 2.81. The van der Waals surface area contributed by atoms with Gasteiger partial charge in [0.25, 0.3) is 0 Å². The second-order valence-electron chi connectivity index (χ2n) is 6.81. The lowest BCUT2D eigenvalue weighted by atomic mass is 10.2. The van der Waals surface area contributed by atoms with Crippen molar-refractivity contribution in [3.05, 3.63) is 40.2 Å². The lowest BCUT2D eigenvalue weighted by Crippen LogP contribution is -2.14. The van der Waals surface area contributed by atoms with Crippen molar-refractivity contribution < 1.29 is 14.3 Å². The van der Waals surface area contributed by atoms with E-state index in [0.29, 0.717) is 40.8 Å². The Labute approximate surface area is 190 Å². The normalized spacial score (nSPS) is 10.9. The van der Waals surface area contributed by atoms with E-state index in [9.17, 15) is 4.79 Å². The minimum absolute atomic E-state index is 0.122. The molecule has 1 amide bonds. The maximum absolute atomic E-state index is 12.3. The number of benzene rings is 1. The van der Waals surface area contributed by atoms with E-state index >= 15 is 0 Å². The lowest BCUT2D eigenvalue weighted by molar-refractivity contribution is -0.113. The third-order valence-electron chi connectivity index (χ3n) is 4.47. The predicted molar refractivity (Wildman–Crippen MR) is 123 cm³/mol. The number of aromatic nitrogens is 4. The number of nitrogens with one attached hydrogen (secondary N) is 1. The van der Waals surface area contributed by atoms with Gasteiger partial charge in [0.2, 0.25) is 5.91 Å². The highest BCUT2D eigenvalue weighted by Crippen LogP contribution is 2.29. The molecule has 8 nitrogen and oxygen atoms in total. The monoisotopic (exact) mass is 461 g/mol. The van der Waals surface area contributed by atoms with Crippen LogP contribution in [0.5, 0.6) is 11.5 Å². The molecule has 0 aliphatic heterocycles. The van der Waals surface area contributed by atoms with Gasteiger partial charge in [-0.15, -0.1) is 21.5 Å². The second kappa shape index (κ2) is 10.6. The van der Waals surface area contributed by atoms with Gasteiger partial charge in [0.15, 0.2) is 27.6 Å². The molecule has 0 unspecified atom stereocenters. The number of rotatable bonds is 10. The first-order valence-electron chi connectivity index (χ1n) is 10.1. The molecular weight excluding hydrogens is 434 g/mol. The van der Waals surface area contributed by atoms with E-state index in [2.05, 4.69) is 20.5 Å². The highest BCUT2D eigenvalue weighted by Gasteiger charge is 2.16. The molecule has 3 aromatic rings. The highest BCUT2D eigenvalue weighted by atomic mass is 32.2. The van der Waals surface area contributed by atoms with E-state index in [1.165, 1.54) is 23.1 Å². The molecule has 0 bridgehead atoms. The smallest absolute Gasteiger partial charge is 0.236 e. The summed E-state index contributed by atoms with van der Waals surface area (Å²) in [5.41, 5.74) is 2.04. The van der Waals surface area contributed by atoms with Crippen LogP contribution in [0, 0.1) is 20.8 Å². The fourth-order valence-corrected chi connectivity index (χ4v) is 4.46. The van der Waals surface area contributed by atoms with Crippen molar-refractivity contribution in [1.29, 1.82) is 0 Å². The quantitative estimate of drug-likeness (QED) is 0.448. The van der Waals surface area contributed by atoms with Crippen molar-refractivity contribution in [1.82, 2.24) is 19.7 Å². The molecule has 0 aliphatic carbocycles. The maximum atomic E-state index is 12.3. The number of thioether (sulfide) groups is 1. The molecule has 2 heterocycles. The summed E-state index contributed by atoms with van der Waals surface area (Å²) in [7, 11) is 0. The number of carbonyl (C=O) groups excluding carboxylic acids is 1. The van der Waals surface area contributed by atoms with Gasteiger partial charge in [0.05, 0.1) is 18.1 Å². The summed E-state index contributed by atoms with van der Waals surface area (Å²) in [5, 5.41) is 12.6. The Bertz CT molecular complexity index is 1030. The molecule has 2 aromatic heterocycles. The summed E-state index contributed by atoms with van der Waals surface area (Å²) in [6.45, 7) is 11.4. The van der Waals surface area contributed by atoms with Gasteiger partial charge >= 0.3 is 0 Å². The van der Waals surface area contributed by atoms with Crippen LogP contribution in [0.3, 0.4) is 0 Å². The van der Waals surface area contributed by atoms with Crippen molar-refractivity contribution in [3.63, 3.8) is 0 Å². The van der Waals surface area contributed by atoms with Crippen molar-refractivity contribution in [2.24, 2.45) is 0 Å². The van der Waals surface area contributed by atoms with Crippen molar-refractivity contribution in [3.8, 4) is 11.5 Å². The molecule has 0 atom stereocenters. The molecule has 1 aromatic carbocycles. The van der Waals surface area contributed by atoms with E-state index in [-0.39, 0.29) is 18.3 Å². The van der Waals surface area contributed by atoms with Crippen LogP contribution < -0.4 is 14.8 Å². The average Bonchev–Trinajstić information content (AvgIpc) is 3.27. The van der Waals surface area contributed by atoms with Crippen LogP contribution >= 0.6 is 23.1 Å². The van der Waals surface area contributed by atoms with Crippen LogP contribution in [0.1, 0.15) is 35.8 Å². The van der Waals surface area contributed by atoms with E-state index < -0.39 is 0 Å². The zero-order chi connectivity index (χ0) is 22.4. The van der Waals surface area contributed by atoms with E-state index in [4.69, 9.17) is 9.47 Å². The Hall–Kier alpha value is -2.59. The topological polar surface area (TPSA) is 91.2 Å². The SMILES string of the molecule is CCOc1cc(C)ccc1OCc1nnc(SCC(=O)Nc2nc(C)c(C)s2)n1CC. The van der Waals surface area contributed by atoms with E-state index in [0.717, 1.165) is 16.1 Å². The fraction of sp³-hybridized carbons (Fsp3) is 0.429. The highest BCUT2D eigenvalue weighted by molar-refractivity contribution is 7.99. The summed E-state index contributed by atoms with van der Waals surface area (Å²) in [6, 6.07) is 5.83. The molecule has 166 valence electrons. The van der Waals surface area contributed by atoms with Crippen LogP contribution in [0.4, 0.5) is 5.13 Å². The maximum Gasteiger partial charge on any atom is 0.236 e. The number of nitrogens with zero attached hydrogens (tertiary/aromatic N) is 4. The molecule has 0 saturated heterocycles. The summed E-state index contributed by atoms with van der Waals surface area (Å²) in [5.74, 6) is 2.18. The Morgan fingerprint density at radius 1 is 1.16 bits per heavy atom. The van der Waals surface area contributed by atoms with Gasteiger partial charge in [-0.1, -0.05) is 17.8 Å². The van der Waals surface area contributed by atoms with Crippen molar-refractivity contribution in [2.45, 2.75) is 52.9 Å². The molecule has 0 saturated carbocycles. The third kappa shape index (κ3) is 5.98. The van der Waals surface area contributed by atoms with Gasteiger partial charge in [0, 0.05) is 11.4 Å². The zero-order valence-electron chi connectivity index (χ0n) is 18.4. The molecule has 31 heavy (non-hydrogen) atoms. The number of hydrogen-bond acceptors (Lipinski definition) is 8. The first kappa shape index (κ1) is 23.1. The third-order valence-corrected chi connectivity index (χ3v) is 6.43. The zero-order valence-corrected chi connectivity index (χ0v) is 20.0. The van der Waals surface area contributed by atoms with Gasteiger partial charge in [-0.2, -0.15) is 0 Å². The molecule has 3 rings (SSSR count). The Morgan fingerprint density at radius 2 is 1.97 bits per heavy atom. The van der Waals surface area contributed by atoms with Gasteiger partial charge in [-0.25, -0.2) is 4.98 Å². The Morgan fingerprint density at radius 3 is 2.65 bits per heavy atom. The molecule has 0 radical (unpaired) electrons. The van der Waals surface area contributed by atoms with Gasteiger partial charge in [-0.05, 0) is 52.3 Å². The van der Waals surface area contributed by atoms with E-state index in [1.807, 2.05) is 57.4 Å². The molecule has 0 spiro atoms. The molecule has 0 aliphatic rings. The Kier molecular flexibility index (Phi) is 7.91. The number of carbonyl (C=O) groups is 1. The standard InChI is InChI=1S/C21H27N5O3S2/c1-6-26-18(11-29-16-9-8-13(3)10-17(16)28-7-2)24-25-21(26)30-12-19(27)23-20-22-14(4)15(5)31-20/h8-10H,6-7,11-12H2,1-5H3,(H,22,23,27). The van der Waals surface area contributed by atoms with Crippen LogP contribution in [0.25, 0.3) is 0 Å². The number of amides is 1. The summed E-state index contributed by atoms with van der Waals surface area (Å²) in [4.78, 5) is 17.7. The lowest BCUT2D eigenvalue weighted by Gasteiger charge is -2.13. The molecule has 1 N–H and O–H groups in total. The second-order valence-corrected chi connectivity index (χ2v) is 8.96. The summed E-state index contributed by atoms with van der Waals surface area (Å²) in [6.07, 6.45) is 0. The van der Waals surface area contributed by atoms with Crippen LogP contribution in [-0.2, 0) is 17.9 Å². The number of anilines is 1. The summed E-state index contributed by atoms with van der Waals surface area (Å²) < 4.78 is 13.6. The minimum Gasteiger partial charge on any atom is -0.490 e. The number of ether oxygens (including phenoxy) is 2. The molecule has 10 heteroatoms. The first-order valence-corrected chi connectivity index (χ1v) is 11.9. The van der Waals surface area contributed by atoms with Crippen molar-refractivity contribution in [2.75, 3.05) is 17.7 Å². The van der Waals surface area contributed by atoms with Gasteiger partial charge in [0.1, 0.15) is 6.61 Å². The Balaban J connectivity index is 1.61. The number of thiazole rings is 1. The van der Waals surface area contributed by atoms with Crippen LogP contribution in [0.2, 0.25) is 0 Å². The van der Waals surface area contributed by atoms with Crippen LogP contribution in [-0.4, -0.2) is 38.0 Å². The number of aryl methyl sites for hydroxylation is 3. The first-order chi connectivity index (χ1) is 14.9. The van der Waals surface area contributed by atoms with Gasteiger partial charge < -0.3 is 19.4 Å². The summed E-state index contributed by atoms with van der Waals surface area (Å²) >= 11 is 2.81. The number of hydrogen-bond donors (Lipinski definition) is 1. The van der Waals surface area contributed by atoms with Crippen LogP contribution in [0.15, 0.2) is 23.4 Å². The van der Waals surface area contributed by atoms with Crippen molar-refractivity contribution >= 4 is 34.1 Å². The van der Waals surface area contributed by atoms with Gasteiger partial charge in [-0.3, -0.25) is 4.79 Å². The predicted octanol–water partition coefficient (Wildman–Crippen LogP) is 4.39. The minimum atomic E-state index is -0.122.